The van der Waals surface area contributed by atoms with Crippen molar-refractivity contribution in [2.75, 3.05) is 39.3 Å². The van der Waals surface area contributed by atoms with Gasteiger partial charge in [0.2, 0.25) is 5.96 Å². The highest BCUT2D eigenvalue weighted by Gasteiger charge is 2.54. The van der Waals surface area contributed by atoms with Gasteiger partial charge < -0.3 is 24.2 Å². The van der Waals surface area contributed by atoms with E-state index in [-0.39, 0.29) is 18.5 Å². The monoisotopic (exact) mass is 469 g/mol. The van der Waals surface area contributed by atoms with Gasteiger partial charge in [-0.1, -0.05) is 23.7 Å². The van der Waals surface area contributed by atoms with Crippen molar-refractivity contribution >= 4 is 35.2 Å². The molecule has 172 valence electrons. The Kier molecular flexibility index (Phi) is 5.28. The van der Waals surface area contributed by atoms with Crippen LogP contribution in [-0.2, 0) is 11.3 Å². The number of fused-ring (bicyclic) bond motifs is 3. The number of carbonyl (C=O) groups is 2. The maximum atomic E-state index is 13.5. The second-order valence-corrected chi connectivity index (χ2v) is 8.55. The van der Waals surface area contributed by atoms with Crippen LogP contribution in [0.25, 0.3) is 0 Å². The molecule has 0 bridgehead atoms. The van der Waals surface area contributed by atoms with E-state index in [1.165, 1.54) is 9.80 Å². The topological polar surface area (TPSA) is 77.9 Å². The van der Waals surface area contributed by atoms with Gasteiger partial charge in [0.05, 0.1) is 26.5 Å². The third-order valence-electron chi connectivity index (χ3n) is 6.28. The van der Waals surface area contributed by atoms with Crippen molar-refractivity contribution in [2.24, 2.45) is 4.99 Å². The first-order chi connectivity index (χ1) is 15.9. The van der Waals surface area contributed by atoms with Gasteiger partial charge in [0, 0.05) is 31.2 Å². The fourth-order valence-corrected chi connectivity index (χ4v) is 4.85. The van der Waals surface area contributed by atoms with Gasteiger partial charge in [0.25, 0.3) is 5.91 Å². The standard InChI is InChI=1S/C23H24ClN5O4/c1-26-20-19(21(30)29(23(26)31)13-14-5-4-6-15(24)11-14)28-10-9-27(22(28)25-20)17-8-7-16(32-2)12-18(17)33-3/h4-8,11-12,19-20H,9-10,13H2,1-3H3. The number of hydrogen-bond donors (Lipinski definition) is 0. The van der Waals surface area contributed by atoms with Gasteiger partial charge in [0.15, 0.2) is 12.2 Å². The van der Waals surface area contributed by atoms with E-state index >= 15 is 0 Å². The number of imide groups is 1. The van der Waals surface area contributed by atoms with Crippen molar-refractivity contribution in [3.05, 3.63) is 53.1 Å². The predicted molar refractivity (Wildman–Crippen MR) is 124 cm³/mol. The number of halogens is 1. The van der Waals surface area contributed by atoms with Crippen LogP contribution >= 0.6 is 11.6 Å². The molecule has 2 aromatic carbocycles. The summed E-state index contributed by atoms with van der Waals surface area (Å²) in [7, 11) is 4.89. The highest BCUT2D eigenvalue weighted by molar-refractivity contribution is 6.30. The molecule has 0 radical (unpaired) electrons. The fourth-order valence-electron chi connectivity index (χ4n) is 4.64. The summed E-state index contributed by atoms with van der Waals surface area (Å²) < 4.78 is 10.9. The van der Waals surface area contributed by atoms with Crippen LogP contribution in [0, 0.1) is 0 Å². The van der Waals surface area contributed by atoms with E-state index in [0.29, 0.717) is 35.6 Å². The number of anilines is 1. The Hall–Kier alpha value is -3.46. The van der Waals surface area contributed by atoms with E-state index in [1.54, 1.807) is 39.5 Å². The van der Waals surface area contributed by atoms with Crippen LogP contribution in [0.4, 0.5) is 10.5 Å². The minimum absolute atomic E-state index is 0.158. The molecule has 0 aromatic heterocycles. The minimum Gasteiger partial charge on any atom is -0.497 e. The van der Waals surface area contributed by atoms with Gasteiger partial charge in [-0.2, -0.15) is 0 Å². The first-order valence-corrected chi connectivity index (χ1v) is 11.0. The Morgan fingerprint density at radius 2 is 1.91 bits per heavy atom. The number of rotatable bonds is 5. The van der Waals surface area contributed by atoms with Crippen LogP contribution in [0.15, 0.2) is 47.5 Å². The summed E-state index contributed by atoms with van der Waals surface area (Å²) in [5, 5.41) is 0.561. The Balaban J connectivity index is 1.44. The second kappa shape index (κ2) is 8.15. The molecule has 10 heteroatoms. The number of benzene rings is 2. The van der Waals surface area contributed by atoms with Crippen LogP contribution in [0.1, 0.15) is 5.56 Å². The second-order valence-electron chi connectivity index (χ2n) is 8.12. The van der Waals surface area contributed by atoms with E-state index in [4.69, 9.17) is 26.1 Å². The van der Waals surface area contributed by atoms with Crippen molar-refractivity contribution in [2.45, 2.75) is 18.8 Å². The molecule has 0 N–H and O–H groups in total. The predicted octanol–water partition coefficient (Wildman–Crippen LogP) is 2.64. The molecule has 2 saturated heterocycles. The summed E-state index contributed by atoms with van der Waals surface area (Å²) >= 11 is 6.10. The molecule has 3 aliphatic rings. The summed E-state index contributed by atoms with van der Waals surface area (Å²) in [6.45, 7) is 1.41. The number of likely N-dealkylation sites (N-methyl/N-ethyl adjacent to an activating group) is 1. The van der Waals surface area contributed by atoms with Gasteiger partial charge in [-0.15, -0.1) is 0 Å². The minimum atomic E-state index is -0.581. The number of ether oxygens (including phenoxy) is 2. The molecule has 5 rings (SSSR count). The maximum absolute atomic E-state index is 13.5. The van der Waals surface area contributed by atoms with Crippen molar-refractivity contribution in [1.29, 1.82) is 0 Å². The van der Waals surface area contributed by atoms with E-state index in [2.05, 4.69) is 0 Å². The summed E-state index contributed by atoms with van der Waals surface area (Å²) in [5.74, 6) is 1.73. The highest BCUT2D eigenvalue weighted by Crippen LogP contribution is 2.38. The zero-order valence-electron chi connectivity index (χ0n) is 18.6. The molecule has 2 fully saturated rings. The number of urea groups is 1. The van der Waals surface area contributed by atoms with Crippen LogP contribution in [0.3, 0.4) is 0 Å². The number of hydrogen-bond acceptors (Lipinski definition) is 7. The fraction of sp³-hybridized carbons (Fsp3) is 0.348. The highest BCUT2D eigenvalue weighted by atomic mass is 35.5. The van der Waals surface area contributed by atoms with Crippen LogP contribution in [0.5, 0.6) is 11.5 Å². The van der Waals surface area contributed by atoms with E-state index < -0.39 is 12.2 Å². The van der Waals surface area contributed by atoms with E-state index in [1.807, 2.05) is 34.1 Å². The first-order valence-electron chi connectivity index (χ1n) is 10.6. The molecular weight excluding hydrogens is 446 g/mol. The van der Waals surface area contributed by atoms with Gasteiger partial charge in [0.1, 0.15) is 11.5 Å². The lowest BCUT2D eigenvalue weighted by molar-refractivity contribution is -0.137. The van der Waals surface area contributed by atoms with Crippen LogP contribution in [-0.4, -0.2) is 79.2 Å². The summed E-state index contributed by atoms with van der Waals surface area (Å²) in [6, 6.07) is 11.8. The third-order valence-corrected chi connectivity index (χ3v) is 6.52. The van der Waals surface area contributed by atoms with Crippen molar-refractivity contribution in [3.8, 4) is 11.5 Å². The summed E-state index contributed by atoms with van der Waals surface area (Å²) in [5.41, 5.74) is 1.62. The lowest BCUT2D eigenvalue weighted by atomic mass is 10.1. The van der Waals surface area contributed by atoms with Gasteiger partial charge in [-0.25, -0.2) is 9.79 Å². The lowest BCUT2D eigenvalue weighted by Gasteiger charge is -2.40. The molecule has 2 unspecified atom stereocenters. The quantitative estimate of drug-likeness (QED) is 0.670. The number of guanidine groups is 1. The number of amides is 3. The first kappa shape index (κ1) is 21.4. The third kappa shape index (κ3) is 3.43. The maximum Gasteiger partial charge on any atom is 0.328 e. The largest absolute Gasteiger partial charge is 0.497 e. The van der Waals surface area contributed by atoms with Crippen LogP contribution in [0.2, 0.25) is 5.02 Å². The molecule has 2 atom stereocenters. The van der Waals surface area contributed by atoms with E-state index in [0.717, 1.165) is 11.3 Å². The summed E-state index contributed by atoms with van der Waals surface area (Å²) in [4.78, 5) is 38.2. The number of methoxy groups -OCH3 is 2. The van der Waals surface area contributed by atoms with Crippen molar-refractivity contribution < 1.29 is 19.1 Å². The molecule has 3 heterocycles. The van der Waals surface area contributed by atoms with Gasteiger partial charge in [-0.05, 0) is 29.8 Å². The number of aliphatic imine (C=N–C) groups is 1. The molecule has 9 nitrogen and oxygen atoms in total. The molecule has 3 amide bonds. The van der Waals surface area contributed by atoms with Crippen LogP contribution < -0.4 is 14.4 Å². The Morgan fingerprint density at radius 3 is 2.64 bits per heavy atom. The number of carbonyl (C=O) groups excluding carboxylic acids is 2. The molecule has 3 aliphatic heterocycles. The molecule has 2 aromatic rings. The molecule has 0 spiro atoms. The van der Waals surface area contributed by atoms with Gasteiger partial charge in [-0.3, -0.25) is 9.69 Å². The zero-order chi connectivity index (χ0) is 23.3. The average Bonchev–Trinajstić information content (AvgIpc) is 3.39. The SMILES string of the molecule is COc1ccc(N2CCN3C2=NC2C3C(=O)N(Cc3cccc(Cl)c3)C(=O)N2C)c(OC)c1. The average molecular weight is 470 g/mol. The number of nitrogens with zero attached hydrogens (tertiary/aromatic N) is 5. The normalized spacial score (nSPS) is 21.9. The summed E-state index contributed by atoms with van der Waals surface area (Å²) in [6.07, 6.45) is -0.581. The van der Waals surface area contributed by atoms with Crippen molar-refractivity contribution in [1.82, 2.24) is 14.7 Å². The molecule has 0 saturated carbocycles. The smallest absolute Gasteiger partial charge is 0.328 e. The van der Waals surface area contributed by atoms with Crippen molar-refractivity contribution in [3.63, 3.8) is 0 Å². The van der Waals surface area contributed by atoms with Gasteiger partial charge >= 0.3 is 6.03 Å². The zero-order valence-corrected chi connectivity index (χ0v) is 19.3. The Bertz CT molecular complexity index is 1160. The Morgan fingerprint density at radius 1 is 1.09 bits per heavy atom. The lowest BCUT2D eigenvalue weighted by Crippen LogP contribution is -2.64. The molecule has 33 heavy (non-hydrogen) atoms. The Labute approximate surface area is 196 Å². The molecule has 0 aliphatic carbocycles. The molecular formula is C23H24ClN5O4. The van der Waals surface area contributed by atoms with E-state index in [9.17, 15) is 9.59 Å².